The molecule has 1 aliphatic heterocycles. The number of hydrogen-bond donors (Lipinski definition) is 7. The Kier molecular flexibility index (Phi) is 15.0. The van der Waals surface area contributed by atoms with Crippen molar-refractivity contribution in [1.29, 1.82) is 0 Å². The van der Waals surface area contributed by atoms with E-state index in [-0.39, 0.29) is 78.9 Å². The molecule has 21 heteroatoms. The molecule has 4 amide bonds. The number of nitrogens with two attached hydrogens (primary N) is 1. The quantitative estimate of drug-likeness (QED) is 0.0571. The van der Waals surface area contributed by atoms with E-state index in [0.29, 0.717) is 24.1 Å². The van der Waals surface area contributed by atoms with Gasteiger partial charge in [0, 0.05) is 37.2 Å². The van der Waals surface area contributed by atoms with Gasteiger partial charge < -0.3 is 36.4 Å². The lowest BCUT2D eigenvalue weighted by Gasteiger charge is -2.35. The summed E-state index contributed by atoms with van der Waals surface area (Å²) in [4.78, 5) is 68.4. The first-order chi connectivity index (χ1) is 30.4. The third-order valence-corrected chi connectivity index (χ3v) is 12.7. The molecule has 3 aromatic heterocycles. The van der Waals surface area contributed by atoms with Gasteiger partial charge in [-0.05, 0) is 55.4 Å². The van der Waals surface area contributed by atoms with Gasteiger partial charge in [0.1, 0.15) is 35.0 Å². The Balaban J connectivity index is 0.958. The highest BCUT2D eigenvalue weighted by Crippen LogP contribution is 2.31. The minimum Gasteiger partial charge on any atom is -0.477 e. The van der Waals surface area contributed by atoms with Gasteiger partial charge in [-0.3, -0.25) is 29.0 Å². The van der Waals surface area contributed by atoms with E-state index in [1.807, 2.05) is 52.0 Å². The van der Waals surface area contributed by atoms with Gasteiger partial charge in [-0.25, -0.2) is 23.4 Å². The predicted octanol–water partition coefficient (Wildman–Crippen LogP) is 4.26. The summed E-state index contributed by atoms with van der Waals surface area (Å²) >= 11 is 1.56. The van der Waals surface area contributed by atoms with E-state index in [4.69, 9.17) is 10.5 Å². The third-order valence-electron chi connectivity index (χ3n) is 10.5. The van der Waals surface area contributed by atoms with E-state index in [1.165, 1.54) is 24.2 Å². The number of rotatable bonds is 19. The first kappa shape index (κ1) is 47.0. The number of nitrogens with zero attached hydrogens (tertiary/aromatic N) is 5. The highest BCUT2D eigenvalue weighted by molar-refractivity contribution is 7.92. The van der Waals surface area contributed by atoms with Gasteiger partial charge in [0.2, 0.25) is 33.6 Å². The molecular weight excluding hydrogens is 863 g/mol. The molecule has 1 saturated heterocycles. The summed E-state index contributed by atoms with van der Waals surface area (Å²) < 4.78 is 32.0. The highest BCUT2D eigenvalue weighted by atomic mass is 32.2. The van der Waals surface area contributed by atoms with Crippen molar-refractivity contribution in [1.82, 2.24) is 40.7 Å². The average molecular weight is 916 g/mol. The maximum Gasteiger partial charge on any atom is 0.254 e. The van der Waals surface area contributed by atoms with Crippen molar-refractivity contribution in [3.05, 3.63) is 83.3 Å². The minimum atomic E-state index is -3.46. The van der Waals surface area contributed by atoms with Crippen LogP contribution in [0.2, 0.25) is 0 Å². The second kappa shape index (κ2) is 20.4. The number of aliphatic hydroxyl groups excluding tert-OH is 1. The lowest BCUT2D eigenvalue weighted by atomic mass is 9.85. The second-order valence-electron chi connectivity index (χ2n) is 16.4. The van der Waals surface area contributed by atoms with Crippen LogP contribution < -0.4 is 31.1 Å². The number of sulfonamides is 1. The van der Waals surface area contributed by atoms with Gasteiger partial charge in [0.15, 0.2) is 0 Å². The fraction of sp³-hybridized carbons (Fsp3) is 0.395. The van der Waals surface area contributed by atoms with Crippen molar-refractivity contribution in [3.8, 4) is 27.6 Å². The van der Waals surface area contributed by atoms with Gasteiger partial charge >= 0.3 is 0 Å². The molecule has 2 aromatic carbocycles. The number of β-amino-alcohol motifs (C(OH)–C–C–N with tert-alkyl or cyclic N) is 1. The molecule has 0 spiro atoms. The molecule has 8 N–H and O–H groups in total. The normalized spacial score (nSPS) is 15.6. The number of hydrogen-bond acceptors (Lipinski definition) is 14. The van der Waals surface area contributed by atoms with Gasteiger partial charge in [-0.1, -0.05) is 57.2 Å². The van der Waals surface area contributed by atoms with Crippen LogP contribution in [0.15, 0.2) is 66.4 Å². The number of carbonyl (C=O) groups excluding carboxylic acids is 4. The lowest BCUT2D eigenvalue weighted by molar-refractivity contribution is -0.144. The molecule has 64 heavy (non-hydrogen) atoms. The third kappa shape index (κ3) is 12.0. The number of thiazole rings is 1. The van der Waals surface area contributed by atoms with Crippen LogP contribution in [0.25, 0.3) is 21.7 Å². The summed E-state index contributed by atoms with van der Waals surface area (Å²) in [7, 11) is -3.46. The lowest BCUT2D eigenvalue weighted by Crippen LogP contribution is -2.57. The summed E-state index contributed by atoms with van der Waals surface area (Å²) in [6.45, 7) is 9.43. The van der Waals surface area contributed by atoms with E-state index >= 15 is 0 Å². The summed E-state index contributed by atoms with van der Waals surface area (Å²) in [5.74, 6) is -1.35. The number of carbonyl (C=O) groups is 4. The van der Waals surface area contributed by atoms with Gasteiger partial charge in [-0.15, -0.1) is 11.3 Å². The molecule has 3 atom stereocenters. The molecule has 1 fully saturated rings. The van der Waals surface area contributed by atoms with Crippen LogP contribution in [-0.4, -0.2) is 104 Å². The van der Waals surface area contributed by atoms with Crippen molar-refractivity contribution in [2.45, 2.75) is 85.0 Å². The van der Waals surface area contributed by atoms with Crippen molar-refractivity contribution in [2.24, 2.45) is 11.1 Å². The number of unbranched alkanes of at least 4 members (excludes halogenated alkanes) is 1. The molecule has 6 rings (SSSR count). The second-order valence-corrected chi connectivity index (χ2v) is 19.2. The smallest absolute Gasteiger partial charge is 0.254 e. The number of benzene rings is 2. The van der Waals surface area contributed by atoms with Crippen LogP contribution in [-0.2, 0) is 31.0 Å². The fourth-order valence-electron chi connectivity index (χ4n) is 6.99. The zero-order valence-corrected chi connectivity index (χ0v) is 37.8. The van der Waals surface area contributed by atoms with Crippen LogP contribution in [0.1, 0.15) is 75.0 Å². The molecule has 0 unspecified atom stereocenters. The largest absolute Gasteiger partial charge is 0.477 e. The predicted molar refractivity (Wildman–Crippen MR) is 242 cm³/mol. The Morgan fingerprint density at radius 3 is 2.36 bits per heavy atom. The number of primary amides is 1. The zero-order valence-electron chi connectivity index (χ0n) is 36.2. The number of amides is 4. The maximum atomic E-state index is 14.0. The summed E-state index contributed by atoms with van der Waals surface area (Å²) in [5, 5.41) is 26.3. The number of aromatic amines is 1. The Hall–Kier alpha value is -6.45. The Bertz CT molecular complexity index is 2540. The monoisotopic (exact) mass is 915 g/mol. The number of likely N-dealkylation sites (tertiary alicyclic amines) is 1. The van der Waals surface area contributed by atoms with Crippen LogP contribution in [0, 0.1) is 12.3 Å². The SMILES string of the molecule is CCS(=O)(=O)Nc1ccc(-c2n[nH]c(Nc3cnc(OCCCCC(=O)N[C@H](C(=O)N4C[C@H](O)C[C@H]4C(=O)NCc4ccc(-c5scnc5C)cc4)C(C)(C)C)cn3)c2C(N)=O)cc1. The van der Waals surface area contributed by atoms with Crippen LogP contribution >= 0.6 is 11.3 Å². The first-order valence-electron chi connectivity index (χ1n) is 20.7. The van der Waals surface area contributed by atoms with E-state index in [2.05, 4.69) is 45.8 Å². The van der Waals surface area contributed by atoms with Crippen molar-refractivity contribution < 1.29 is 37.4 Å². The number of anilines is 3. The highest BCUT2D eigenvalue weighted by Gasteiger charge is 2.44. The zero-order chi connectivity index (χ0) is 46.2. The molecule has 0 radical (unpaired) electrons. The Morgan fingerprint density at radius 1 is 1.02 bits per heavy atom. The molecular formula is C43H53N11O8S2. The van der Waals surface area contributed by atoms with E-state index in [1.54, 1.807) is 41.1 Å². The molecule has 0 aliphatic carbocycles. The molecule has 5 aromatic rings. The van der Waals surface area contributed by atoms with Crippen LogP contribution in [0.4, 0.5) is 17.3 Å². The van der Waals surface area contributed by atoms with E-state index in [9.17, 15) is 32.7 Å². The standard InChI is InChI=1S/C43H53N11O8S2/c1-6-64(60,61)53-29-16-14-27(15-17-29)36-35(39(44)57)40(52-51-36)49-32-21-46-34(22-45-32)62-18-8-7-9-33(56)50-38(43(3,4)5)42(59)54-23-30(55)19-31(54)41(58)47-20-26-10-12-28(13-11-26)37-25(2)48-24-63-37/h10-17,21-22,24,30-31,38,53,55H,6-9,18-20,23H2,1-5H3,(H2,44,57)(H,47,58)(H,50,56)(H2,45,49,51,52)/t30-,31+,38-/m1/s1. The topological polar surface area (TPSA) is 277 Å². The number of ether oxygens (including phenoxy) is 1. The summed E-state index contributed by atoms with van der Waals surface area (Å²) in [6.07, 6.45) is 3.02. The van der Waals surface area contributed by atoms with Crippen molar-refractivity contribution in [3.63, 3.8) is 0 Å². The van der Waals surface area contributed by atoms with Crippen LogP contribution in [0.3, 0.4) is 0 Å². The molecule has 340 valence electrons. The number of H-pyrrole nitrogens is 1. The van der Waals surface area contributed by atoms with Gasteiger partial charge in [-0.2, -0.15) is 5.10 Å². The Labute approximate surface area is 375 Å². The van der Waals surface area contributed by atoms with E-state index in [0.717, 1.165) is 21.7 Å². The fourth-order valence-corrected chi connectivity index (χ4v) is 8.44. The molecule has 1 aliphatic rings. The molecule has 19 nitrogen and oxygen atoms in total. The molecule has 0 bridgehead atoms. The van der Waals surface area contributed by atoms with Crippen LogP contribution in [0.5, 0.6) is 5.88 Å². The number of aromatic nitrogens is 5. The number of aryl methyl sites for hydroxylation is 1. The Morgan fingerprint density at radius 2 is 1.73 bits per heavy atom. The first-order valence-corrected chi connectivity index (χ1v) is 23.2. The average Bonchev–Trinajstić information content (AvgIpc) is 4.00. The summed E-state index contributed by atoms with van der Waals surface area (Å²) in [5.41, 5.74) is 10.9. The van der Waals surface area contributed by atoms with Gasteiger partial charge in [0.05, 0.1) is 46.9 Å². The van der Waals surface area contributed by atoms with E-state index < -0.39 is 45.4 Å². The van der Waals surface area contributed by atoms with Crippen molar-refractivity contribution in [2.75, 3.05) is 28.9 Å². The minimum absolute atomic E-state index is 0.0248. The van der Waals surface area contributed by atoms with Crippen molar-refractivity contribution >= 4 is 62.3 Å². The summed E-state index contributed by atoms with van der Waals surface area (Å²) in [6, 6.07) is 12.3. The molecule has 4 heterocycles. The number of aliphatic hydroxyl groups is 1. The molecule has 0 saturated carbocycles. The maximum absolute atomic E-state index is 14.0. The number of nitrogens with one attached hydrogen (secondary N) is 5. The van der Waals surface area contributed by atoms with Gasteiger partial charge in [0.25, 0.3) is 5.91 Å².